The number of ether oxygens (including phenoxy) is 1. The maximum absolute atomic E-state index is 13.1. The molecule has 2 rings (SSSR count). The van der Waals surface area contributed by atoms with Crippen LogP contribution in [0.2, 0.25) is 0 Å². The highest BCUT2D eigenvalue weighted by atomic mass is 19.4. The maximum atomic E-state index is 13.1. The second-order valence-corrected chi connectivity index (χ2v) is 6.00. The fraction of sp³-hybridized carbons (Fsp3) is 0.857. The molecule has 0 aromatic rings. The molecule has 126 valence electrons. The van der Waals surface area contributed by atoms with E-state index in [9.17, 15) is 22.8 Å². The Kier molecular flexibility index (Phi) is 4.70. The van der Waals surface area contributed by atoms with Crippen LogP contribution in [0, 0.1) is 11.8 Å². The summed E-state index contributed by atoms with van der Waals surface area (Å²) in [6.45, 7) is 1.27. The lowest BCUT2D eigenvalue weighted by Gasteiger charge is -2.32. The van der Waals surface area contributed by atoms with Gasteiger partial charge in [-0.2, -0.15) is 13.2 Å². The SMILES string of the molecule is CCOC1(C(=O)N2C[C@@H](C(F)(F)F)[C@H](C(N)=O)C2)CCCC1. The van der Waals surface area contributed by atoms with Crippen LogP contribution in [-0.2, 0) is 14.3 Å². The summed E-state index contributed by atoms with van der Waals surface area (Å²) < 4.78 is 44.7. The Labute approximate surface area is 127 Å². The molecule has 2 N–H and O–H groups in total. The summed E-state index contributed by atoms with van der Waals surface area (Å²) in [6.07, 6.45) is -1.92. The molecule has 1 aliphatic heterocycles. The van der Waals surface area contributed by atoms with Crippen LogP contribution in [0.3, 0.4) is 0 Å². The van der Waals surface area contributed by atoms with Crippen LogP contribution in [0.1, 0.15) is 32.6 Å². The molecule has 8 heteroatoms. The Morgan fingerprint density at radius 3 is 2.27 bits per heavy atom. The lowest BCUT2D eigenvalue weighted by Crippen LogP contribution is -2.49. The van der Waals surface area contributed by atoms with Crippen molar-refractivity contribution in [2.45, 2.75) is 44.4 Å². The first-order chi connectivity index (χ1) is 10.2. The quantitative estimate of drug-likeness (QED) is 0.851. The molecule has 2 aliphatic rings. The van der Waals surface area contributed by atoms with Crippen LogP contribution in [0.4, 0.5) is 13.2 Å². The third-order valence-corrected chi connectivity index (χ3v) is 4.61. The average molecular weight is 322 g/mol. The van der Waals surface area contributed by atoms with E-state index in [1.54, 1.807) is 6.92 Å². The highest BCUT2D eigenvalue weighted by molar-refractivity contribution is 5.87. The molecule has 2 fully saturated rings. The van der Waals surface area contributed by atoms with Crippen molar-refractivity contribution in [3.63, 3.8) is 0 Å². The van der Waals surface area contributed by atoms with Gasteiger partial charge in [0.2, 0.25) is 5.91 Å². The normalized spacial score (nSPS) is 28.1. The third kappa shape index (κ3) is 3.06. The molecule has 1 aliphatic carbocycles. The summed E-state index contributed by atoms with van der Waals surface area (Å²) in [7, 11) is 0. The summed E-state index contributed by atoms with van der Waals surface area (Å²) in [5, 5.41) is 0. The fourth-order valence-electron chi connectivity index (χ4n) is 3.52. The van der Waals surface area contributed by atoms with Crippen LogP contribution in [0.15, 0.2) is 0 Å². The van der Waals surface area contributed by atoms with Crippen molar-refractivity contribution in [3.8, 4) is 0 Å². The summed E-state index contributed by atoms with van der Waals surface area (Å²) in [5.41, 5.74) is 4.05. The third-order valence-electron chi connectivity index (χ3n) is 4.61. The van der Waals surface area contributed by atoms with Gasteiger partial charge in [-0.1, -0.05) is 0 Å². The van der Waals surface area contributed by atoms with Crippen molar-refractivity contribution in [2.75, 3.05) is 19.7 Å². The van der Waals surface area contributed by atoms with Gasteiger partial charge in [-0.25, -0.2) is 0 Å². The van der Waals surface area contributed by atoms with Crippen molar-refractivity contribution in [1.29, 1.82) is 0 Å². The first kappa shape index (κ1) is 17.1. The zero-order chi connectivity index (χ0) is 16.5. The number of nitrogens with two attached hydrogens (primary N) is 1. The van der Waals surface area contributed by atoms with E-state index in [4.69, 9.17) is 10.5 Å². The van der Waals surface area contributed by atoms with Crippen LogP contribution < -0.4 is 5.73 Å². The maximum Gasteiger partial charge on any atom is 0.394 e. The van der Waals surface area contributed by atoms with E-state index in [0.29, 0.717) is 19.4 Å². The van der Waals surface area contributed by atoms with Crippen LogP contribution in [-0.4, -0.2) is 48.2 Å². The molecule has 2 atom stereocenters. The van der Waals surface area contributed by atoms with E-state index in [2.05, 4.69) is 0 Å². The second-order valence-electron chi connectivity index (χ2n) is 6.00. The summed E-state index contributed by atoms with van der Waals surface area (Å²) in [5.74, 6) is -4.74. The lowest BCUT2D eigenvalue weighted by molar-refractivity contribution is -0.183. The topological polar surface area (TPSA) is 72.6 Å². The minimum Gasteiger partial charge on any atom is -0.369 e. The minimum atomic E-state index is -4.55. The fourth-order valence-corrected chi connectivity index (χ4v) is 3.52. The standard InChI is InChI=1S/C14H21F3N2O3/c1-2-22-13(5-3-4-6-13)12(21)19-7-9(11(18)20)10(8-19)14(15,16)17/h9-10H,2-8H2,1H3,(H2,18,20)/t9-,10-/m1/s1. The molecular formula is C14H21F3N2O3. The van der Waals surface area contributed by atoms with Gasteiger partial charge < -0.3 is 15.4 Å². The Balaban J connectivity index is 2.19. The number of primary amides is 1. The van der Waals surface area contributed by atoms with Crippen molar-refractivity contribution in [1.82, 2.24) is 4.90 Å². The van der Waals surface area contributed by atoms with Crippen molar-refractivity contribution >= 4 is 11.8 Å². The molecule has 2 amide bonds. The predicted molar refractivity (Wildman–Crippen MR) is 71.6 cm³/mol. The summed E-state index contributed by atoms with van der Waals surface area (Å²) >= 11 is 0. The molecule has 22 heavy (non-hydrogen) atoms. The highest BCUT2D eigenvalue weighted by Gasteiger charge is 2.55. The summed E-state index contributed by atoms with van der Waals surface area (Å²) in [6, 6.07) is 0. The van der Waals surface area contributed by atoms with Crippen LogP contribution in [0.5, 0.6) is 0 Å². The molecule has 0 bridgehead atoms. The van der Waals surface area contributed by atoms with Crippen LogP contribution >= 0.6 is 0 Å². The Bertz CT molecular complexity index is 447. The number of carbonyl (C=O) groups excluding carboxylic acids is 2. The Morgan fingerprint density at radius 1 is 1.27 bits per heavy atom. The minimum absolute atomic E-state index is 0.285. The molecule has 1 saturated carbocycles. The van der Waals surface area contributed by atoms with Gasteiger partial charge in [0, 0.05) is 19.7 Å². The van der Waals surface area contributed by atoms with E-state index in [1.165, 1.54) is 0 Å². The van der Waals surface area contributed by atoms with Crippen molar-refractivity contribution in [3.05, 3.63) is 0 Å². The van der Waals surface area contributed by atoms with E-state index >= 15 is 0 Å². The number of halogens is 3. The molecule has 0 aromatic heterocycles. The van der Waals surface area contributed by atoms with Gasteiger partial charge in [0.25, 0.3) is 5.91 Å². The zero-order valence-corrected chi connectivity index (χ0v) is 12.5. The highest BCUT2D eigenvalue weighted by Crippen LogP contribution is 2.41. The molecule has 1 heterocycles. The smallest absolute Gasteiger partial charge is 0.369 e. The molecule has 0 unspecified atom stereocenters. The largest absolute Gasteiger partial charge is 0.394 e. The second kappa shape index (κ2) is 6.06. The van der Waals surface area contributed by atoms with Gasteiger partial charge in [-0.3, -0.25) is 9.59 Å². The molecule has 0 radical (unpaired) electrons. The number of carbonyl (C=O) groups is 2. The number of alkyl halides is 3. The zero-order valence-electron chi connectivity index (χ0n) is 12.5. The number of hydrogen-bond acceptors (Lipinski definition) is 3. The molecule has 0 aromatic carbocycles. The number of rotatable bonds is 4. The Hall–Kier alpha value is -1.31. The van der Waals surface area contributed by atoms with Gasteiger partial charge in [-0.15, -0.1) is 0 Å². The molecule has 1 saturated heterocycles. The molecular weight excluding hydrogens is 301 g/mol. The molecule has 5 nitrogen and oxygen atoms in total. The van der Waals surface area contributed by atoms with E-state index < -0.39 is 42.0 Å². The van der Waals surface area contributed by atoms with Gasteiger partial charge in [0.05, 0.1) is 11.8 Å². The van der Waals surface area contributed by atoms with Crippen LogP contribution in [0.25, 0.3) is 0 Å². The van der Waals surface area contributed by atoms with E-state index in [1.807, 2.05) is 0 Å². The predicted octanol–water partition coefficient (Wildman–Crippen LogP) is 1.46. The van der Waals surface area contributed by atoms with E-state index in [0.717, 1.165) is 17.7 Å². The number of likely N-dealkylation sites (tertiary alicyclic amines) is 1. The lowest BCUT2D eigenvalue weighted by atomic mass is 9.95. The van der Waals surface area contributed by atoms with E-state index in [-0.39, 0.29) is 6.54 Å². The average Bonchev–Trinajstić information content (AvgIpc) is 3.04. The van der Waals surface area contributed by atoms with Gasteiger partial charge in [0.1, 0.15) is 5.60 Å². The number of nitrogens with zero attached hydrogens (tertiary/aromatic N) is 1. The number of hydrogen-bond donors (Lipinski definition) is 1. The van der Waals surface area contributed by atoms with Gasteiger partial charge in [0.15, 0.2) is 0 Å². The Morgan fingerprint density at radius 2 is 1.86 bits per heavy atom. The van der Waals surface area contributed by atoms with Gasteiger partial charge in [-0.05, 0) is 32.6 Å². The first-order valence-corrected chi connectivity index (χ1v) is 7.50. The van der Waals surface area contributed by atoms with Gasteiger partial charge >= 0.3 is 6.18 Å². The monoisotopic (exact) mass is 322 g/mol. The van der Waals surface area contributed by atoms with Crippen molar-refractivity contribution < 1.29 is 27.5 Å². The molecule has 0 spiro atoms. The van der Waals surface area contributed by atoms with Crippen molar-refractivity contribution in [2.24, 2.45) is 17.6 Å². The number of amides is 2. The first-order valence-electron chi connectivity index (χ1n) is 7.50. The summed E-state index contributed by atoms with van der Waals surface area (Å²) in [4.78, 5) is 25.1.